The Bertz CT molecular complexity index is 662. The fourth-order valence-electron chi connectivity index (χ4n) is 3.36. The van der Waals surface area contributed by atoms with Crippen molar-refractivity contribution >= 4 is 11.8 Å². The number of amides is 2. The van der Waals surface area contributed by atoms with Gasteiger partial charge in [0.05, 0.1) is 0 Å². The molecular formula is C16H17F3N2O3. The first-order chi connectivity index (χ1) is 11.3. The summed E-state index contributed by atoms with van der Waals surface area (Å²) in [7, 11) is 0. The number of carbonyl (C=O) groups is 2. The largest absolute Gasteiger partial charge is 0.573 e. The Morgan fingerprint density at radius 1 is 1.25 bits per heavy atom. The lowest BCUT2D eigenvalue weighted by molar-refractivity contribution is -0.274. The molecule has 1 heterocycles. The van der Waals surface area contributed by atoms with E-state index in [1.54, 1.807) is 6.07 Å². The standard InChI is InChI=1S/C16H17F3N2O3/c17-16(18,19)24-13-6-2-1-4-9(13)10-8-11(10)15(23)21-7-3-5-12(21)14(20)22/h1-2,4,6,10-12H,3,5,7-8H2,(H2,20,22). The molecule has 0 aromatic heterocycles. The Hall–Kier alpha value is -2.25. The molecule has 2 N–H and O–H groups in total. The normalized spacial score (nSPS) is 26.3. The Kier molecular flexibility index (Phi) is 4.15. The first-order valence-corrected chi connectivity index (χ1v) is 7.72. The maximum atomic E-state index is 12.6. The second-order valence-electron chi connectivity index (χ2n) is 6.13. The summed E-state index contributed by atoms with van der Waals surface area (Å²) in [5.74, 6) is -1.80. The molecule has 0 spiro atoms. The minimum atomic E-state index is -4.78. The van der Waals surface area contributed by atoms with Crippen LogP contribution in [0.3, 0.4) is 0 Å². The highest BCUT2D eigenvalue weighted by molar-refractivity contribution is 5.90. The number of primary amides is 1. The van der Waals surface area contributed by atoms with Gasteiger partial charge in [0.15, 0.2) is 0 Å². The van der Waals surface area contributed by atoms with E-state index in [1.165, 1.54) is 23.1 Å². The van der Waals surface area contributed by atoms with E-state index in [4.69, 9.17) is 5.73 Å². The van der Waals surface area contributed by atoms with Gasteiger partial charge in [-0.25, -0.2) is 0 Å². The van der Waals surface area contributed by atoms with Crippen molar-refractivity contribution in [1.29, 1.82) is 0 Å². The third-order valence-corrected chi connectivity index (χ3v) is 4.52. The first-order valence-electron chi connectivity index (χ1n) is 7.72. The van der Waals surface area contributed by atoms with Crippen LogP contribution in [0.25, 0.3) is 0 Å². The zero-order valence-corrected chi connectivity index (χ0v) is 12.8. The van der Waals surface area contributed by atoms with Crippen molar-refractivity contribution in [2.24, 2.45) is 11.7 Å². The summed E-state index contributed by atoms with van der Waals surface area (Å²) in [6.45, 7) is 0.455. The molecule has 0 bridgehead atoms. The lowest BCUT2D eigenvalue weighted by atomic mass is 10.1. The fourth-order valence-corrected chi connectivity index (χ4v) is 3.36. The van der Waals surface area contributed by atoms with Crippen molar-refractivity contribution in [3.63, 3.8) is 0 Å². The van der Waals surface area contributed by atoms with Gasteiger partial charge in [0.25, 0.3) is 0 Å². The Balaban J connectivity index is 1.74. The van der Waals surface area contributed by atoms with Gasteiger partial charge in [0.2, 0.25) is 11.8 Å². The number of rotatable bonds is 4. The highest BCUT2D eigenvalue weighted by Crippen LogP contribution is 2.52. The second kappa shape index (κ2) is 5.99. The lowest BCUT2D eigenvalue weighted by Crippen LogP contribution is -2.44. The molecule has 130 valence electrons. The third kappa shape index (κ3) is 3.32. The zero-order valence-electron chi connectivity index (χ0n) is 12.8. The van der Waals surface area contributed by atoms with Crippen molar-refractivity contribution in [3.05, 3.63) is 29.8 Å². The van der Waals surface area contributed by atoms with Gasteiger partial charge in [-0.3, -0.25) is 9.59 Å². The van der Waals surface area contributed by atoms with Gasteiger partial charge in [-0.1, -0.05) is 18.2 Å². The van der Waals surface area contributed by atoms with Crippen LogP contribution in [0.1, 0.15) is 30.7 Å². The van der Waals surface area contributed by atoms with Crippen molar-refractivity contribution in [1.82, 2.24) is 4.90 Å². The summed E-state index contributed by atoms with van der Waals surface area (Å²) >= 11 is 0. The molecule has 3 unspecified atom stereocenters. The van der Waals surface area contributed by atoms with E-state index in [0.717, 1.165) is 0 Å². The topological polar surface area (TPSA) is 72.6 Å². The minimum Gasteiger partial charge on any atom is -0.405 e. The molecule has 1 aromatic rings. The summed E-state index contributed by atoms with van der Waals surface area (Å²) in [5, 5.41) is 0. The number of carbonyl (C=O) groups excluding carboxylic acids is 2. The second-order valence-corrected chi connectivity index (χ2v) is 6.13. The van der Waals surface area contributed by atoms with Crippen LogP contribution in [-0.4, -0.2) is 35.7 Å². The van der Waals surface area contributed by atoms with Crippen molar-refractivity contribution in [2.45, 2.75) is 37.6 Å². The highest BCUT2D eigenvalue weighted by Gasteiger charge is 2.49. The van der Waals surface area contributed by atoms with Crippen LogP contribution in [0.2, 0.25) is 0 Å². The molecule has 2 fully saturated rings. The average molecular weight is 342 g/mol. The number of benzene rings is 1. The van der Waals surface area contributed by atoms with Gasteiger partial charge in [-0.15, -0.1) is 13.2 Å². The van der Waals surface area contributed by atoms with E-state index in [-0.39, 0.29) is 17.6 Å². The van der Waals surface area contributed by atoms with Crippen LogP contribution in [0.15, 0.2) is 24.3 Å². The zero-order chi connectivity index (χ0) is 17.5. The van der Waals surface area contributed by atoms with E-state index < -0.39 is 24.2 Å². The molecule has 24 heavy (non-hydrogen) atoms. The molecular weight excluding hydrogens is 325 g/mol. The van der Waals surface area contributed by atoms with Crippen molar-refractivity contribution in [3.8, 4) is 5.75 Å². The number of nitrogens with two attached hydrogens (primary N) is 1. The molecule has 5 nitrogen and oxygen atoms in total. The third-order valence-electron chi connectivity index (χ3n) is 4.52. The monoisotopic (exact) mass is 342 g/mol. The number of ether oxygens (including phenoxy) is 1. The van der Waals surface area contributed by atoms with E-state index in [1.807, 2.05) is 0 Å². The van der Waals surface area contributed by atoms with E-state index in [9.17, 15) is 22.8 Å². The summed E-state index contributed by atoms with van der Waals surface area (Å²) in [6, 6.07) is 5.23. The molecule has 1 saturated heterocycles. The molecule has 1 aromatic carbocycles. The predicted octanol–water partition coefficient (Wildman–Crippen LogP) is 2.17. The summed E-state index contributed by atoms with van der Waals surface area (Å²) in [5.41, 5.74) is 5.67. The molecule has 3 atom stereocenters. The van der Waals surface area contributed by atoms with E-state index >= 15 is 0 Å². The Labute approximate surface area is 136 Å². The molecule has 1 saturated carbocycles. The Morgan fingerprint density at radius 3 is 2.62 bits per heavy atom. The molecule has 2 amide bonds. The van der Waals surface area contributed by atoms with Crippen molar-refractivity contribution in [2.75, 3.05) is 6.54 Å². The van der Waals surface area contributed by atoms with Gasteiger partial charge in [0.1, 0.15) is 11.8 Å². The number of likely N-dealkylation sites (tertiary alicyclic amines) is 1. The maximum absolute atomic E-state index is 12.6. The van der Waals surface area contributed by atoms with Gasteiger partial charge in [-0.05, 0) is 36.8 Å². The summed E-state index contributed by atoms with van der Waals surface area (Å²) in [6.07, 6.45) is -3.10. The quantitative estimate of drug-likeness (QED) is 0.911. The van der Waals surface area contributed by atoms with Crippen LogP contribution in [0, 0.1) is 5.92 Å². The van der Waals surface area contributed by atoms with Gasteiger partial charge in [0, 0.05) is 12.5 Å². The molecule has 1 aliphatic carbocycles. The maximum Gasteiger partial charge on any atom is 0.573 e. The van der Waals surface area contributed by atoms with Gasteiger partial charge < -0.3 is 15.4 Å². The van der Waals surface area contributed by atoms with Crippen LogP contribution in [0.5, 0.6) is 5.75 Å². The summed E-state index contributed by atoms with van der Waals surface area (Å²) in [4.78, 5) is 25.4. The molecule has 0 radical (unpaired) electrons. The highest BCUT2D eigenvalue weighted by atomic mass is 19.4. The average Bonchev–Trinajstić information content (AvgIpc) is 3.12. The van der Waals surface area contributed by atoms with E-state index in [2.05, 4.69) is 4.74 Å². The van der Waals surface area contributed by atoms with Crippen LogP contribution in [0.4, 0.5) is 13.2 Å². The molecule has 3 rings (SSSR count). The van der Waals surface area contributed by atoms with Crippen LogP contribution < -0.4 is 10.5 Å². The molecule has 2 aliphatic rings. The first kappa shape index (κ1) is 16.6. The molecule has 1 aliphatic heterocycles. The van der Waals surface area contributed by atoms with Gasteiger partial charge in [-0.2, -0.15) is 0 Å². The lowest BCUT2D eigenvalue weighted by Gasteiger charge is -2.22. The predicted molar refractivity (Wildman–Crippen MR) is 77.9 cm³/mol. The SMILES string of the molecule is NC(=O)C1CCCN1C(=O)C1CC1c1ccccc1OC(F)(F)F. The fraction of sp³-hybridized carbons (Fsp3) is 0.500. The number of hydrogen-bond acceptors (Lipinski definition) is 3. The number of para-hydroxylation sites is 1. The summed E-state index contributed by atoms with van der Waals surface area (Å²) < 4.78 is 41.5. The Morgan fingerprint density at radius 2 is 1.96 bits per heavy atom. The number of halogens is 3. The van der Waals surface area contributed by atoms with Crippen LogP contribution >= 0.6 is 0 Å². The number of hydrogen-bond donors (Lipinski definition) is 1. The van der Waals surface area contributed by atoms with E-state index in [0.29, 0.717) is 31.4 Å². The van der Waals surface area contributed by atoms with Crippen LogP contribution in [-0.2, 0) is 9.59 Å². The minimum absolute atomic E-state index is 0.219. The smallest absolute Gasteiger partial charge is 0.405 e. The number of alkyl halides is 3. The number of nitrogens with zero attached hydrogens (tertiary/aromatic N) is 1. The molecule has 8 heteroatoms. The van der Waals surface area contributed by atoms with Gasteiger partial charge >= 0.3 is 6.36 Å². The van der Waals surface area contributed by atoms with Crippen molar-refractivity contribution < 1.29 is 27.5 Å².